The predicted molar refractivity (Wildman–Crippen MR) is 81.4 cm³/mol. The van der Waals surface area contributed by atoms with E-state index in [9.17, 15) is 0 Å². The van der Waals surface area contributed by atoms with Crippen molar-refractivity contribution in [1.29, 1.82) is 0 Å². The number of hydrogen-bond acceptors (Lipinski definition) is 2. The van der Waals surface area contributed by atoms with E-state index in [0.717, 1.165) is 24.0 Å². The molecule has 3 fully saturated rings. The van der Waals surface area contributed by atoms with Gasteiger partial charge in [-0.15, -0.1) is 0 Å². The molecule has 0 spiro atoms. The Morgan fingerprint density at radius 2 is 1.84 bits per heavy atom. The van der Waals surface area contributed by atoms with E-state index >= 15 is 0 Å². The second-order valence-electron chi connectivity index (χ2n) is 7.20. The maximum atomic E-state index is 4.03. The van der Waals surface area contributed by atoms with Gasteiger partial charge in [0.2, 0.25) is 0 Å². The number of hydrogen-bond donors (Lipinski definition) is 1. The average molecular weight is 264 g/mol. The molecule has 2 heterocycles. The molecule has 1 N–H and O–H groups in total. The number of nitrogens with zero attached hydrogens (tertiary/aromatic N) is 1. The van der Waals surface area contributed by atoms with Crippen molar-refractivity contribution >= 4 is 0 Å². The van der Waals surface area contributed by atoms with Crippen molar-refractivity contribution in [3.05, 3.63) is 0 Å². The third kappa shape index (κ3) is 3.52. The van der Waals surface area contributed by atoms with Gasteiger partial charge in [-0.2, -0.15) is 0 Å². The molecule has 0 aromatic carbocycles. The van der Waals surface area contributed by atoms with Gasteiger partial charge in [-0.3, -0.25) is 0 Å². The molecule has 0 aromatic rings. The molecule has 2 saturated heterocycles. The molecular formula is C17H32N2. The second kappa shape index (κ2) is 6.58. The smallest absolute Gasteiger partial charge is 0.0111 e. The van der Waals surface area contributed by atoms with Gasteiger partial charge in [0.1, 0.15) is 0 Å². The summed E-state index contributed by atoms with van der Waals surface area (Å²) in [6, 6.07) is 2.57. The molecule has 110 valence electrons. The highest BCUT2D eigenvalue weighted by Crippen LogP contribution is 2.29. The van der Waals surface area contributed by atoms with E-state index in [1.54, 1.807) is 0 Å². The quantitative estimate of drug-likeness (QED) is 0.784. The molecule has 0 radical (unpaired) electrons. The summed E-state index contributed by atoms with van der Waals surface area (Å²) < 4.78 is 0. The van der Waals surface area contributed by atoms with E-state index in [-0.39, 0.29) is 0 Å². The van der Waals surface area contributed by atoms with Crippen LogP contribution < -0.4 is 5.32 Å². The number of fused-ring (bicyclic) bond motifs is 1. The maximum Gasteiger partial charge on any atom is 0.0111 e. The summed E-state index contributed by atoms with van der Waals surface area (Å²) in [6.07, 6.45) is 14.4. The number of nitrogens with one attached hydrogen (secondary N) is 1. The summed E-state index contributed by atoms with van der Waals surface area (Å²) in [5.41, 5.74) is 0. The predicted octanol–water partition coefficient (Wildman–Crippen LogP) is 3.56. The zero-order valence-corrected chi connectivity index (χ0v) is 12.7. The van der Waals surface area contributed by atoms with Gasteiger partial charge in [0, 0.05) is 18.1 Å². The Morgan fingerprint density at radius 1 is 0.895 bits per heavy atom. The standard InChI is InChI=1S/C17H32N2/c1-2-14-5-3-6-15(9-8-14)18-16-10-12-19-11-4-7-17(19)13-16/h14-18H,2-13H2,1H3. The first kappa shape index (κ1) is 13.9. The van der Waals surface area contributed by atoms with Gasteiger partial charge < -0.3 is 10.2 Å². The summed E-state index contributed by atoms with van der Waals surface area (Å²) in [5.74, 6) is 1.02. The number of piperidine rings is 1. The normalized spacial score (nSPS) is 40.9. The molecule has 2 nitrogen and oxygen atoms in total. The van der Waals surface area contributed by atoms with Crippen LogP contribution in [0.2, 0.25) is 0 Å². The van der Waals surface area contributed by atoms with Crippen LogP contribution in [-0.4, -0.2) is 36.1 Å². The van der Waals surface area contributed by atoms with Crippen LogP contribution in [0.25, 0.3) is 0 Å². The highest BCUT2D eigenvalue weighted by molar-refractivity contribution is 4.90. The van der Waals surface area contributed by atoms with Gasteiger partial charge >= 0.3 is 0 Å². The molecule has 19 heavy (non-hydrogen) atoms. The van der Waals surface area contributed by atoms with E-state index in [1.165, 1.54) is 77.3 Å². The molecule has 2 heteroatoms. The molecule has 3 aliphatic rings. The minimum Gasteiger partial charge on any atom is -0.311 e. The molecule has 4 atom stereocenters. The Morgan fingerprint density at radius 3 is 2.74 bits per heavy atom. The lowest BCUT2D eigenvalue weighted by atomic mass is 9.95. The molecule has 0 amide bonds. The van der Waals surface area contributed by atoms with E-state index in [0.29, 0.717) is 0 Å². The Hall–Kier alpha value is -0.0800. The van der Waals surface area contributed by atoms with Crippen molar-refractivity contribution in [2.24, 2.45) is 5.92 Å². The average Bonchev–Trinajstić information content (AvgIpc) is 2.77. The highest BCUT2D eigenvalue weighted by Gasteiger charge is 2.32. The molecular weight excluding hydrogens is 232 g/mol. The first-order valence-corrected chi connectivity index (χ1v) is 8.85. The second-order valence-corrected chi connectivity index (χ2v) is 7.20. The molecule has 1 aliphatic carbocycles. The lowest BCUT2D eigenvalue weighted by Crippen LogP contribution is -2.48. The van der Waals surface area contributed by atoms with Crippen LogP contribution in [-0.2, 0) is 0 Å². The van der Waals surface area contributed by atoms with Crippen molar-refractivity contribution in [3.8, 4) is 0 Å². The van der Waals surface area contributed by atoms with Crippen LogP contribution in [0.4, 0.5) is 0 Å². The fraction of sp³-hybridized carbons (Fsp3) is 1.00. The first-order chi connectivity index (χ1) is 9.35. The summed E-state index contributed by atoms with van der Waals surface area (Å²) in [7, 11) is 0. The van der Waals surface area contributed by atoms with Gasteiger partial charge in [0.25, 0.3) is 0 Å². The molecule has 1 saturated carbocycles. The fourth-order valence-electron chi connectivity index (χ4n) is 4.66. The van der Waals surface area contributed by atoms with Crippen molar-refractivity contribution in [2.45, 2.75) is 89.3 Å². The molecule has 0 bridgehead atoms. The molecule has 4 unspecified atom stereocenters. The summed E-state index contributed by atoms with van der Waals surface area (Å²) >= 11 is 0. The summed E-state index contributed by atoms with van der Waals surface area (Å²) in [5, 5.41) is 4.03. The lowest BCUT2D eigenvalue weighted by molar-refractivity contribution is 0.158. The molecule has 0 aromatic heterocycles. The van der Waals surface area contributed by atoms with Crippen molar-refractivity contribution in [2.75, 3.05) is 13.1 Å². The van der Waals surface area contributed by atoms with Gasteiger partial charge in [-0.25, -0.2) is 0 Å². The Balaban J connectivity index is 1.46. The topological polar surface area (TPSA) is 15.3 Å². The monoisotopic (exact) mass is 264 g/mol. The zero-order chi connectivity index (χ0) is 13.1. The zero-order valence-electron chi connectivity index (χ0n) is 12.7. The van der Waals surface area contributed by atoms with E-state index in [4.69, 9.17) is 0 Å². The largest absolute Gasteiger partial charge is 0.311 e. The van der Waals surface area contributed by atoms with Crippen LogP contribution >= 0.6 is 0 Å². The Kier molecular flexibility index (Phi) is 4.81. The minimum absolute atomic E-state index is 0.822. The molecule has 3 rings (SSSR count). The van der Waals surface area contributed by atoms with E-state index in [1.807, 2.05) is 0 Å². The fourth-order valence-corrected chi connectivity index (χ4v) is 4.66. The number of rotatable bonds is 3. The lowest BCUT2D eigenvalue weighted by Gasteiger charge is -2.37. The van der Waals surface area contributed by atoms with E-state index in [2.05, 4.69) is 17.1 Å². The minimum atomic E-state index is 0.822. The van der Waals surface area contributed by atoms with Crippen molar-refractivity contribution < 1.29 is 0 Å². The SMILES string of the molecule is CCC1CCCC(NC2CCN3CCCC3C2)CC1. The Labute approximate surface area is 119 Å². The van der Waals surface area contributed by atoms with Crippen molar-refractivity contribution in [1.82, 2.24) is 10.2 Å². The highest BCUT2D eigenvalue weighted by atomic mass is 15.2. The van der Waals surface area contributed by atoms with Crippen LogP contribution in [0.3, 0.4) is 0 Å². The van der Waals surface area contributed by atoms with Crippen LogP contribution in [0.5, 0.6) is 0 Å². The van der Waals surface area contributed by atoms with Gasteiger partial charge in [-0.05, 0) is 64.0 Å². The Bertz CT molecular complexity index is 278. The van der Waals surface area contributed by atoms with Gasteiger partial charge in [0.05, 0.1) is 0 Å². The van der Waals surface area contributed by atoms with Crippen molar-refractivity contribution in [3.63, 3.8) is 0 Å². The third-order valence-corrected chi connectivity index (χ3v) is 5.96. The van der Waals surface area contributed by atoms with Crippen LogP contribution in [0.15, 0.2) is 0 Å². The maximum absolute atomic E-state index is 4.03. The molecule has 2 aliphatic heterocycles. The van der Waals surface area contributed by atoms with Crippen LogP contribution in [0, 0.1) is 5.92 Å². The van der Waals surface area contributed by atoms with Gasteiger partial charge in [0.15, 0.2) is 0 Å². The summed E-state index contributed by atoms with van der Waals surface area (Å²) in [4.78, 5) is 2.73. The van der Waals surface area contributed by atoms with Gasteiger partial charge in [-0.1, -0.05) is 26.2 Å². The third-order valence-electron chi connectivity index (χ3n) is 5.96. The van der Waals surface area contributed by atoms with Crippen LogP contribution in [0.1, 0.15) is 71.1 Å². The van der Waals surface area contributed by atoms with E-state index < -0.39 is 0 Å². The summed E-state index contributed by atoms with van der Waals surface area (Å²) in [6.45, 7) is 5.10. The first-order valence-electron chi connectivity index (χ1n) is 8.85.